The van der Waals surface area contributed by atoms with Gasteiger partial charge in [-0.2, -0.15) is 0 Å². The SMILES string of the molecule is CC1(C(=O)O)CCN(Cc2ccnc(-c3ccc(Br)cc3)n2)C1. The molecule has 1 aromatic heterocycles. The van der Waals surface area contributed by atoms with E-state index in [1.165, 1.54) is 0 Å². The van der Waals surface area contributed by atoms with Gasteiger partial charge in [0.25, 0.3) is 0 Å². The molecule has 0 aliphatic carbocycles. The number of nitrogens with zero attached hydrogens (tertiary/aromatic N) is 3. The molecular weight excluding hydrogens is 358 g/mol. The van der Waals surface area contributed by atoms with Crippen LogP contribution in [0.15, 0.2) is 41.0 Å². The monoisotopic (exact) mass is 375 g/mol. The number of likely N-dealkylation sites (tertiary alicyclic amines) is 1. The number of carbonyl (C=O) groups is 1. The molecule has 5 nitrogen and oxygen atoms in total. The molecule has 1 aliphatic heterocycles. The fraction of sp³-hybridized carbons (Fsp3) is 0.353. The van der Waals surface area contributed by atoms with Crippen molar-refractivity contribution in [1.29, 1.82) is 0 Å². The zero-order valence-corrected chi connectivity index (χ0v) is 14.5. The highest BCUT2D eigenvalue weighted by atomic mass is 79.9. The number of benzene rings is 1. The Kier molecular flexibility index (Phi) is 4.46. The Hall–Kier alpha value is -1.79. The minimum Gasteiger partial charge on any atom is -0.481 e. The lowest BCUT2D eigenvalue weighted by atomic mass is 9.90. The number of aliphatic carboxylic acids is 1. The maximum absolute atomic E-state index is 11.3. The topological polar surface area (TPSA) is 66.3 Å². The van der Waals surface area contributed by atoms with E-state index in [1.54, 1.807) is 6.20 Å². The van der Waals surface area contributed by atoms with Crippen LogP contribution in [0.25, 0.3) is 11.4 Å². The summed E-state index contributed by atoms with van der Waals surface area (Å²) in [6.45, 7) is 3.79. The fourth-order valence-corrected chi connectivity index (χ4v) is 3.08. The van der Waals surface area contributed by atoms with E-state index in [2.05, 4.69) is 30.8 Å². The Morgan fingerprint density at radius 3 is 2.74 bits per heavy atom. The summed E-state index contributed by atoms with van der Waals surface area (Å²) in [4.78, 5) is 22.4. The van der Waals surface area contributed by atoms with Crippen molar-refractivity contribution in [3.63, 3.8) is 0 Å². The van der Waals surface area contributed by atoms with Crippen LogP contribution in [-0.4, -0.2) is 39.0 Å². The molecule has 1 aliphatic rings. The van der Waals surface area contributed by atoms with E-state index in [1.807, 2.05) is 37.3 Å². The lowest BCUT2D eigenvalue weighted by molar-refractivity contribution is -0.147. The van der Waals surface area contributed by atoms with Gasteiger partial charge in [0.2, 0.25) is 0 Å². The van der Waals surface area contributed by atoms with Gasteiger partial charge in [-0.05, 0) is 38.1 Å². The lowest BCUT2D eigenvalue weighted by Crippen LogP contribution is -2.31. The molecule has 120 valence electrons. The largest absolute Gasteiger partial charge is 0.481 e. The molecule has 6 heteroatoms. The van der Waals surface area contributed by atoms with Crippen molar-refractivity contribution in [3.05, 3.63) is 46.7 Å². The van der Waals surface area contributed by atoms with Crippen molar-refractivity contribution in [1.82, 2.24) is 14.9 Å². The first kappa shape index (κ1) is 16.1. The Labute approximate surface area is 143 Å². The molecule has 0 bridgehead atoms. The van der Waals surface area contributed by atoms with Crippen molar-refractivity contribution >= 4 is 21.9 Å². The minimum absolute atomic E-state index is 0.556. The highest BCUT2D eigenvalue weighted by Crippen LogP contribution is 2.31. The van der Waals surface area contributed by atoms with Crippen molar-refractivity contribution in [2.75, 3.05) is 13.1 Å². The Balaban J connectivity index is 1.74. The van der Waals surface area contributed by atoms with Crippen molar-refractivity contribution < 1.29 is 9.90 Å². The smallest absolute Gasteiger partial charge is 0.310 e. The van der Waals surface area contributed by atoms with Gasteiger partial charge in [0.05, 0.1) is 11.1 Å². The van der Waals surface area contributed by atoms with Crippen LogP contribution in [0.2, 0.25) is 0 Å². The van der Waals surface area contributed by atoms with Crippen LogP contribution in [0.1, 0.15) is 19.0 Å². The third-order valence-electron chi connectivity index (χ3n) is 4.27. The number of carboxylic acid groups (broad SMARTS) is 1. The van der Waals surface area contributed by atoms with Crippen LogP contribution in [-0.2, 0) is 11.3 Å². The maximum atomic E-state index is 11.3. The number of hydrogen-bond acceptors (Lipinski definition) is 4. The summed E-state index contributed by atoms with van der Waals surface area (Å²) in [6.07, 6.45) is 2.43. The summed E-state index contributed by atoms with van der Waals surface area (Å²) in [5.74, 6) is -0.0339. The fourth-order valence-electron chi connectivity index (χ4n) is 2.82. The Morgan fingerprint density at radius 1 is 1.35 bits per heavy atom. The zero-order chi connectivity index (χ0) is 16.4. The second-order valence-electron chi connectivity index (χ2n) is 6.20. The molecule has 3 rings (SSSR count). The van der Waals surface area contributed by atoms with E-state index in [4.69, 9.17) is 0 Å². The van der Waals surface area contributed by atoms with Crippen LogP contribution in [0.4, 0.5) is 0 Å². The molecule has 1 saturated heterocycles. The van der Waals surface area contributed by atoms with Gasteiger partial charge in [0.15, 0.2) is 5.82 Å². The van der Waals surface area contributed by atoms with Gasteiger partial charge >= 0.3 is 5.97 Å². The summed E-state index contributed by atoms with van der Waals surface area (Å²) < 4.78 is 1.02. The van der Waals surface area contributed by atoms with Crippen LogP contribution in [0.3, 0.4) is 0 Å². The van der Waals surface area contributed by atoms with Crippen LogP contribution < -0.4 is 0 Å². The normalized spacial score (nSPS) is 21.5. The molecule has 23 heavy (non-hydrogen) atoms. The van der Waals surface area contributed by atoms with E-state index in [0.29, 0.717) is 25.3 Å². The van der Waals surface area contributed by atoms with E-state index in [9.17, 15) is 9.90 Å². The second kappa shape index (κ2) is 6.37. The van der Waals surface area contributed by atoms with E-state index in [-0.39, 0.29) is 0 Å². The van der Waals surface area contributed by atoms with Crippen molar-refractivity contribution in [3.8, 4) is 11.4 Å². The molecular formula is C17H18BrN3O2. The minimum atomic E-state index is -0.724. The molecule has 0 radical (unpaired) electrons. The third kappa shape index (κ3) is 3.59. The first-order valence-corrected chi connectivity index (χ1v) is 8.29. The van der Waals surface area contributed by atoms with Gasteiger partial charge in [0, 0.05) is 29.3 Å². The first-order valence-electron chi connectivity index (χ1n) is 7.50. The van der Waals surface area contributed by atoms with Gasteiger partial charge < -0.3 is 5.11 Å². The van der Waals surface area contributed by atoms with Crippen molar-refractivity contribution in [2.24, 2.45) is 5.41 Å². The van der Waals surface area contributed by atoms with Gasteiger partial charge in [-0.3, -0.25) is 9.69 Å². The maximum Gasteiger partial charge on any atom is 0.310 e. The van der Waals surface area contributed by atoms with Gasteiger partial charge in [-0.1, -0.05) is 28.1 Å². The van der Waals surface area contributed by atoms with Gasteiger partial charge in [-0.25, -0.2) is 9.97 Å². The summed E-state index contributed by atoms with van der Waals surface area (Å²) in [5, 5.41) is 9.32. The predicted octanol–water partition coefficient (Wildman–Crippen LogP) is 3.20. The average molecular weight is 376 g/mol. The van der Waals surface area contributed by atoms with Crippen LogP contribution in [0, 0.1) is 5.41 Å². The summed E-state index contributed by atoms with van der Waals surface area (Å²) in [7, 11) is 0. The Bertz CT molecular complexity index is 720. The third-order valence-corrected chi connectivity index (χ3v) is 4.80. The number of halogens is 1. The predicted molar refractivity (Wildman–Crippen MR) is 90.8 cm³/mol. The molecule has 2 heterocycles. The van der Waals surface area contributed by atoms with Crippen LogP contribution in [0.5, 0.6) is 0 Å². The molecule has 0 spiro atoms. The number of aromatic nitrogens is 2. The van der Waals surface area contributed by atoms with Crippen LogP contribution >= 0.6 is 15.9 Å². The molecule has 1 fully saturated rings. The number of carboxylic acids is 1. The number of hydrogen-bond donors (Lipinski definition) is 1. The lowest BCUT2D eigenvalue weighted by Gasteiger charge is -2.19. The van der Waals surface area contributed by atoms with E-state index >= 15 is 0 Å². The standard InChI is InChI=1S/C17H18BrN3O2/c1-17(16(22)23)7-9-21(11-17)10-14-6-8-19-15(20-14)12-2-4-13(18)5-3-12/h2-6,8H,7,9-11H2,1H3,(H,22,23). The Morgan fingerprint density at radius 2 is 2.09 bits per heavy atom. The molecule has 1 N–H and O–H groups in total. The summed E-state index contributed by atoms with van der Waals surface area (Å²) >= 11 is 3.42. The van der Waals surface area contributed by atoms with E-state index in [0.717, 1.165) is 22.3 Å². The molecule has 1 atom stereocenters. The van der Waals surface area contributed by atoms with E-state index < -0.39 is 11.4 Å². The van der Waals surface area contributed by atoms with Crippen molar-refractivity contribution in [2.45, 2.75) is 19.9 Å². The molecule has 1 unspecified atom stereocenters. The highest BCUT2D eigenvalue weighted by Gasteiger charge is 2.40. The molecule has 1 aromatic carbocycles. The first-order chi connectivity index (χ1) is 11.0. The number of rotatable bonds is 4. The summed E-state index contributed by atoms with van der Waals surface area (Å²) in [5.41, 5.74) is 1.22. The van der Waals surface area contributed by atoms with Gasteiger partial charge in [0.1, 0.15) is 0 Å². The molecule has 2 aromatic rings. The highest BCUT2D eigenvalue weighted by molar-refractivity contribution is 9.10. The van der Waals surface area contributed by atoms with Gasteiger partial charge in [-0.15, -0.1) is 0 Å². The summed E-state index contributed by atoms with van der Waals surface area (Å²) in [6, 6.07) is 9.76. The quantitative estimate of drug-likeness (QED) is 0.888. The molecule has 0 saturated carbocycles. The zero-order valence-electron chi connectivity index (χ0n) is 12.9. The second-order valence-corrected chi connectivity index (χ2v) is 7.12. The average Bonchev–Trinajstić information content (AvgIpc) is 2.91. The molecule has 0 amide bonds.